The topological polar surface area (TPSA) is 108 Å². The van der Waals surface area contributed by atoms with Gasteiger partial charge < -0.3 is 18.9 Å². The van der Waals surface area contributed by atoms with Gasteiger partial charge in [0.05, 0.1) is 20.0 Å². The number of carbonyl (C=O) groups is 2. The summed E-state index contributed by atoms with van der Waals surface area (Å²) < 4.78 is 47.1. The highest BCUT2D eigenvalue weighted by molar-refractivity contribution is 7.89. The Kier molecular flexibility index (Phi) is 5.00. The Labute approximate surface area is 162 Å². The summed E-state index contributed by atoms with van der Waals surface area (Å²) >= 11 is 0. The Bertz CT molecular complexity index is 968. The van der Waals surface area contributed by atoms with Gasteiger partial charge in [-0.25, -0.2) is 12.7 Å². The van der Waals surface area contributed by atoms with E-state index >= 15 is 0 Å². The largest absolute Gasteiger partial charge is 0.493 e. The van der Waals surface area contributed by atoms with Gasteiger partial charge in [-0.1, -0.05) is 6.07 Å². The summed E-state index contributed by atoms with van der Waals surface area (Å²) in [6, 6.07) is 4.77. The van der Waals surface area contributed by atoms with Crippen LogP contribution in [0, 0.1) is 0 Å². The summed E-state index contributed by atoms with van der Waals surface area (Å²) in [5.74, 6) is -1.35. The van der Waals surface area contributed by atoms with E-state index in [1.54, 1.807) is 18.2 Å². The summed E-state index contributed by atoms with van der Waals surface area (Å²) in [5.41, 5.74) is -1.20. The zero-order valence-corrected chi connectivity index (χ0v) is 16.8. The Morgan fingerprint density at radius 3 is 2.43 bits per heavy atom. The van der Waals surface area contributed by atoms with E-state index in [-0.39, 0.29) is 18.2 Å². The minimum absolute atomic E-state index is 0.0749. The molecule has 1 fully saturated rings. The second-order valence-corrected chi connectivity index (χ2v) is 8.52. The summed E-state index contributed by atoms with van der Waals surface area (Å²) in [7, 11) is -0.726. The molecule has 0 N–H and O–H groups in total. The minimum Gasteiger partial charge on any atom is -0.493 e. The number of esters is 1. The van der Waals surface area contributed by atoms with Crippen LogP contribution in [0.2, 0.25) is 0 Å². The van der Waals surface area contributed by atoms with Crippen LogP contribution in [0.15, 0.2) is 29.8 Å². The van der Waals surface area contributed by atoms with Crippen molar-refractivity contribution < 1.29 is 37.0 Å². The second kappa shape index (κ2) is 7.01. The fourth-order valence-electron chi connectivity index (χ4n) is 3.19. The molecule has 28 heavy (non-hydrogen) atoms. The van der Waals surface area contributed by atoms with Crippen LogP contribution in [0.1, 0.15) is 25.8 Å². The van der Waals surface area contributed by atoms with Gasteiger partial charge in [-0.2, -0.15) is 0 Å². The molecule has 9 nitrogen and oxygen atoms in total. The molecule has 2 aliphatic heterocycles. The monoisotopic (exact) mass is 411 g/mol. The van der Waals surface area contributed by atoms with E-state index < -0.39 is 33.1 Å². The number of ketones is 1. The summed E-state index contributed by atoms with van der Waals surface area (Å²) in [4.78, 5) is 24.7. The van der Waals surface area contributed by atoms with E-state index in [1.165, 1.54) is 21.1 Å². The number of hydrogen-bond acceptors (Lipinski definition) is 8. The van der Waals surface area contributed by atoms with E-state index in [0.29, 0.717) is 23.5 Å². The third-order valence-corrected chi connectivity index (χ3v) is 6.47. The molecule has 0 aromatic heterocycles. The maximum Gasteiger partial charge on any atom is 0.308 e. The quantitative estimate of drug-likeness (QED) is 0.667. The first-order valence-electron chi connectivity index (χ1n) is 8.53. The van der Waals surface area contributed by atoms with Crippen LogP contribution < -0.4 is 9.47 Å². The average Bonchev–Trinajstić information content (AvgIpc) is 3.12. The third-order valence-electron chi connectivity index (χ3n) is 4.64. The van der Waals surface area contributed by atoms with Gasteiger partial charge in [0.25, 0.3) is 11.7 Å². The van der Waals surface area contributed by atoms with Crippen molar-refractivity contribution in [2.24, 2.45) is 0 Å². The van der Waals surface area contributed by atoms with E-state index in [0.717, 1.165) is 11.2 Å². The van der Waals surface area contributed by atoms with Crippen molar-refractivity contribution in [2.45, 2.75) is 25.9 Å². The molecule has 10 heteroatoms. The summed E-state index contributed by atoms with van der Waals surface area (Å²) in [6.45, 7) is 2.75. The first-order chi connectivity index (χ1) is 13.1. The Morgan fingerprint density at radius 2 is 1.89 bits per heavy atom. The van der Waals surface area contributed by atoms with Crippen molar-refractivity contribution in [3.8, 4) is 11.5 Å². The zero-order valence-electron chi connectivity index (χ0n) is 16.0. The van der Waals surface area contributed by atoms with Crippen LogP contribution in [-0.2, 0) is 34.7 Å². The fourth-order valence-corrected chi connectivity index (χ4v) is 4.68. The molecular weight excluding hydrogens is 390 g/mol. The molecule has 2 heterocycles. The first kappa shape index (κ1) is 20.0. The molecule has 3 rings (SSSR count). The van der Waals surface area contributed by atoms with Crippen LogP contribution >= 0.6 is 0 Å². The van der Waals surface area contributed by atoms with Crippen LogP contribution in [0.3, 0.4) is 0 Å². The molecule has 0 bridgehead atoms. The fraction of sp³-hybridized carbons (Fsp3) is 0.444. The number of sulfonamides is 1. The normalized spacial score (nSPS) is 23.6. The number of methoxy groups -OCH3 is 2. The van der Waals surface area contributed by atoms with Gasteiger partial charge in [-0.05, 0) is 25.5 Å². The molecule has 0 radical (unpaired) electrons. The second-order valence-electron chi connectivity index (χ2n) is 6.50. The maximum atomic E-state index is 13.1. The molecule has 0 saturated carbocycles. The zero-order chi connectivity index (χ0) is 20.7. The molecule has 0 aliphatic carbocycles. The van der Waals surface area contributed by atoms with E-state index in [4.69, 9.17) is 18.9 Å². The van der Waals surface area contributed by atoms with Gasteiger partial charge in [0.1, 0.15) is 0 Å². The van der Waals surface area contributed by atoms with Crippen molar-refractivity contribution in [1.29, 1.82) is 0 Å². The molecule has 1 saturated heterocycles. The third kappa shape index (κ3) is 3.17. The van der Waals surface area contributed by atoms with E-state index in [2.05, 4.69) is 0 Å². The SMILES string of the molecule is COc1ccc(C2(C)OC(N3CCCS3(=O)=O)=C(OC(C)=O)C2=O)cc1OC. The van der Waals surface area contributed by atoms with Gasteiger partial charge in [-0.3, -0.25) is 9.59 Å². The van der Waals surface area contributed by atoms with Crippen LogP contribution in [0.5, 0.6) is 11.5 Å². The van der Waals surface area contributed by atoms with Gasteiger partial charge in [0.2, 0.25) is 15.8 Å². The van der Waals surface area contributed by atoms with E-state index in [9.17, 15) is 18.0 Å². The first-order valence-corrected chi connectivity index (χ1v) is 10.1. The molecule has 152 valence electrons. The van der Waals surface area contributed by atoms with Gasteiger partial charge >= 0.3 is 5.97 Å². The number of benzene rings is 1. The molecule has 0 spiro atoms. The Balaban J connectivity index is 2.08. The lowest BCUT2D eigenvalue weighted by molar-refractivity contribution is -0.142. The number of hydrogen-bond donors (Lipinski definition) is 0. The maximum absolute atomic E-state index is 13.1. The lowest BCUT2D eigenvalue weighted by Gasteiger charge is -2.26. The smallest absolute Gasteiger partial charge is 0.308 e. The highest BCUT2D eigenvalue weighted by Gasteiger charge is 2.53. The summed E-state index contributed by atoms with van der Waals surface area (Å²) in [6.07, 6.45) is 0.379. The molecule has 1 aromatic rings. The molecule has 1 atom stereocenters. The number of nitrogens with zero attached hydrogens (tertiary/aromatic N) is 1. The van der Waals surface area contributed by atoms with Crippen molar-refractivity contribution >= 4 is 21.8 Å². The number of Topliss-reactive ketones (excluding diaryl/α,β-unsaturated/α-hetero) is 1. The van der Waals surface area contributed by atoms with Gasteiger partial charge in [0.15, 0.2) is 17.1 Å². The van der Waals surface area contributed by atoms with Crippen molar-refractivity contribution in [1.82, 2.24) is 4.31 Å². The molecular formula is C18H21NO8S. The minimum atomic E-state index is -3.66. The van der Waals surface area contributed by atoms with Crippen LogP contribution in [-0.4, -0.2) is 51.0 Å². The van der Waals surface area contributed by atoms with Crippen molar-refractivity contribution in [3.63, 3.8) is 0 Å². The molecule has 1 aromatic carbocycles. The predicted octanol–water partition coefficient (Wildman–Crippen LogP) is 1.29. The Hall–Kier alpha value is -2.75. The highest BCUT2D eigenvalue weighted by atomic mass is 32.2. The lowest BCUT2D eigenvalue weighted by Crippen LogP contribution is -2.33. The van der Waals surface area contributed by atoms with Crippen molar-refractivity contribution in [3.05, 3.63) is 35.4 Å². The standard InChI is InChI=1S/C18H21NO8S/c1-11(20)26-15-16(21)18(2,12-6-7-13(24-3)14(10-12)25-4)27-17(15)19-8-5-9-28(19,22)23/h6-7,10H,5,8-9H2,1-4H3. The predicted molar refractivity (Wildman–Crippen MR) is 96.9 cm³/mol. The number of ether oxygens (including phenoxy) is 4. The average molecular weight is 411 g/mol. The summed E-state index contributed by atoms with van der Waals surface area (Å²) in [5, 5.41) is 0. The van der Waals surface area contributed by atoms with E-state index in [1.807, 2.05) is 0 Å². The van der Waals surface area contributed by atoms with Crippen molar-refractivity contribution in [2.75, 3.05) is 26.5 Å². The number of rotatable bonds is 5. The molecule has 1 unspecified atom stereocenters. The molecule has 0 amide bonds. The Morgan fingerprint density at radius 1 is 1.21 bits per heavy atom. The van der Waals surface area contributed by atoms with Crippen LogP contribution in [0.4, 0.5) is 0 Å². The lowest BCUT2D eigenvalue weighted by atomic mass is 9.91. The molecule has 2 aliphatic rings. The van der Waals surface area contributed by atoms with Gasteiger partial charge in [-0.15, -0.1) is 0 Å². The highest BCUT2D eigenvalue weighted by Crippen LogP contribution is 2.44. The van der Waals surface area contributed by atoms with Gasteiger partial charge in [0, 0.05) is 19.0 Å². The number of carbonyl (C=O) groups excluding carboxylic acids is 2. The van der Waals surface area contributed by atoms with Crippen LogP contribution in [0.25, 0.3) is 0 Å².